The maximum absolute atomic E-state index is 12.6. The van der Waals surface area contributed by atoms with Crippen LogP contribution in [0, 0.1) is 47.3 Å². The summed E-state index contributed by atoms with van der Waals surface area (Å²) in [4.78, 5) is 26.6. The Kier molecular flexibility index (Phi) is 2.62. The number of likely N-dealkylation sites (tertiary alicyclic amines) is 1. The molecule has 3 saturated carbocycles. The van der Waals surface area contributed by atoms with Crippen LogP contribution in [0.25, 0.3) is 0 Å². The number of nitrogens with zero attached hydrogens (tertiary/aromatic N) is 1. The van der Waals surface area contributed by atoms with Crippen molar-refractivity contribution in [1.82, 2.24) is 4.90 Å². The van der Waals surface area contributed by atoms with Crippen molar-refractivity contribution >= 4 is 11.8 Å². The molecule has 4 fully saturated rings. The lowest BCUT2D eigenvalue weighted by Crippen LogP contribution is -2.43. The van der Waals surface area contributed by atoms with Gasteiger partial charge >= 0.3 is 0 Å². The zero-order valence-electron chi connectivity index (χ0n) is 12.7. The normalized spacial score (nSPS) is 54.0. The van der Waals surface area contributed by atoms with E-state index in [9.17, 15) is 9.59 Å². The van der Waals surface area contributed by atoms with E-state index in [-0.39, 0.29) is 23.7 Å². The molecule has 3 heteroatoms. The molecule has 0 N–H and O–H groups in total. The zero-order valence-corrected chi connectivity index (χ0v) is 12.7. The fourth-order valence-electron chi connectivity index (χ4n) is 6.32. The lowest BCUT2D eigenvalue weighted by Gasteiger charge is -2.42. The second-order valence-electron chi connectivity index (χ2n) is 8.10. The van der Waals surface area contributed by atoms with E-state index in [1.165, 1.54) is 17.7 Å². The highest BCUT2D eigenvalue weighted by Crippen LogP contribution is 2.62. The van der Waals surface area contributed by atoms with Crippen LogP contribution in [0.2, 0.25) is 0 Å². The van der Waals surface area contributed by atoms with Gasteiger partial charge in [0.2, 0.25) is 11.8 Å². The van der Waals surface area contributed by atoms with Gasteiger partial charge in [0.15, 0.2) is 0 Å². The van der Waals surface area contributed by atoms with Gasteiger partial charge in [-0.2, -0.15) is 0 Å². The van der Waals surface area contributed by atoms with E-state index < -0.39 is 0 Å². The molecule has 0 spiro atoms. The summed E-state index contributed by atoms with van der Waals surface area (Å²) >= 11 is 0. The Morgan fingerprint density at radius 1 is 0.750 bits per heavy atom. The van der Waals surface area contributed by atoms with Gasteiger partial charge in [0.1, 0.15) is 0 Å². The first-order chi connectivity index (χ1) is 9.49. The third-order valence-electron chi connectivity index (χ3n) is 6.89. The number of hydrogen-bond acceptors (Lipinski definition) is 2. The fraction of sp³-hybridized carbons (Fsp3) is 0.882. The van der Waals surface area contributed by atoms with Crippen LogP contribution in [-0.4, -0.2) is 23.8 Å². The molecule has 0 aromatic heterocycles. The van der Waals surface area contributed by atoms with E-state index >= 15 is 0 Å². The highest BCUT2D eigenvalue weighted by molar-refractivity contribution is 6.05. The Bertz CT molecular complexity index is 432. The minimum absolute atomic E-state index is 0.0222. The zero-order chi connectivity index (χ0) is 14.2. The SMILES string of the molecule is CC1CC2C3CC(C)CC3C3C(=O)N(C)C(=O)C3C2C1. The highest BCUT2D eigenvalue weighted by Gasteiger charge is 2.63. The number of fused-ring (bicyclic) bond motifs is 6. The van der Waals surface area contributed by atoms with E-state index in [0.29, 0.717) is 23.7 Å². The van der Waals surface area contributed by atoms with E-state index in [4.69, 9.17) is 0 Å². The summed E-state index contributed by atoms with van der Waals surface area (Å²) in [5, 5.41) is 0. The fourth-order valence-corrected chi connectivity index (χ4v) is 6.32. The van der Waals surface area contributed by atoms with Gasteiger partial charge < -0.3 is 0 Å². The Labute approximate surface area is 121 Å². The largest absolute Gasteiger partial charge is 0.285 e. The topological polar surface area (TPSA) is 37.4 Å². The predicted molar refractivity (Wildman–Crippen MR) is 75.5 cm³/mol. The van der Waals surface area contributed by atoms with Crippen LogP contribution in [0.3, 0.4) is 0 Å². The van der Waals surface area contributed by atoms with Crippen LogP contribution in [-0.2, 0) is 9.59 Å². The van der Waals surface area contributed by atoms with Crippen LogP contribution in [0.5, 0.6) is 0 Å². The molecule has 1 saturated heterocycles. The molecule has 110 valence electrons. The maximum atomic E-state index is 12.6. The summed E-state index contributed by atoms with van der Waals surface area (Å²) in [7, 11) is 1.70. The molecule has 20 heavy (non-hydrogen) atoms. The summed E-state index contributed by atoms with van der Waals surface area (Å²) in [5.41, 5.74) is 0. The Hall–Kier alpha value is -0.860. The van der Waals surface area contributed by atoms with Gasteiger partial charge in [-0.25, -0.2) is 0 Å². The van der Waals surface area contributed by atoms with Crippen molar-refractivity contribution in [1.29, 1.82) is 0 Å². The smallest absolute Gasteiger partial charge is 0.233 e. The first-order valence-corrected chi connectivity index (χ1v) is 8.30. The molecule has 1 heterocycles. The molecule has 1 aliphatic heterocycles. The molecule has 4 rings (SSSR count). The predicted octanol–water partition coefficient (Wildman–Crippen LogP) is 2.56. The Morgan fingerprint density at radius 3 is 1.50 bits per heavy atom. The van der Waals surface area contributed by atoms with E-state index in [1.54, 1.807) is 7.05 Å². The van der Waals surface area contributed by atoms with Crippen molar-refractivity contribution in [2.24, 2.45) is 47.3 Å². The van der Waals surface area contributed by atoms with Crippen molar-refractivity contribution in [3.63, 3.8) is 0 Å². The van der Waals surface area contributed by atoms with Crippen molar-refractivity contribution in [2.45, 2.75) is 39.5 Å². The van der Waals surface area contributed by atoms with Crippen LogP contribution in [0.4, 0.5) is 0 Å². The lowest BCUT2D eigenvalue weighted by molar-refractivity contribution is -0.138. The van der Waals surface area contributed by atoms with Crippen LogP contribution >= 0.6 is 0 Å². The number of rotatable bonds is 0. The summed E-state index contributed by atoms with van der Waals surface area (Å²) in [6, 6.07) is 0. The number of amides is 2. The van der Waals surface area contributed by atoms with Gasteiger partial charge in [-0.05, 0) is 61.2 Å². The highest BCUT2D eigenvalue weighted by atomic mass is 16.2. The average Bonchev–Trinajstić information content (AvgIpc) is 3.01. The molecule has 0 aromatic rings. The van der Waals surface area contributed by atoms with E-state index in [0.717, 1.165) is 24.7 Å². The van der Waals surface area contributed by atoms with E-state index in [1.807, 2.05) is 0 Å². The number of carbonyl (C=O) groups excluding carboxylic acids is 2. The van der Waals surface area contributed by atoms with Gasteiger partial charge in [0.05, 0.1) is 11.8 Å². The van der Waals surface area contributed by atoms with Gasteiger partial charge in [-0.3, -0.25) is 14.5 Å². The second-order valence-corrected chi connectivity index (χ2v) is 8.10. The monoisotopic (exact) mass is 275 g/mol. The van der Waals surface area contributed by atoms with Crippen molar-refractivity contribution in [2.75, 3.05) is 7.05 Å². The van der Waals surface area contributed by atoms with Gasteiger partial charge in [-0.15, -0.1) is 0 Å². The molecule has 0 aromatic carbocycles. The first kappa shape index (κ1) is 12.8. The molecule has 2 amide bonds. The van der Waals surface area contributed by atoms with Gasteiger partial charge in [0.25, 0.3) is 0 Å². The summed E-state index contributed by atoms with van der Waals surface area (Å²) in [5.74, 6) is 4.16. The standard InChI is InChI=1S/C17H25NO2/c1-8-4-10-11-5-9(2)7-13(11)15-14(12(10)6-8)16(19)18(3)17(15)20/h8-15H,4-7H2,1-3H3. The number of imide groups is 1. The summed E-state index contributed by atoms with van der Waals surface area (Å²) in [6.45, 7) is 4.65. The van der Waals surface area contributed by atoms with Crippen LogP contribution in [0.1, 0.15) is 39.5 Å². The molecule has 3 nitrogen and oxygen atoms in total. The quantitative estimate of drug-likeness (QED) is 0.637. The molecule has 8 atom stereocenters. The van der Waals surface area contributed by atoms with Gasteiger partial charge in [-0.1, -0.05) is 13.8 Å². The Balaban J connectivity index is 1.77. The molecule has 0 radical (unpaired) electrons. The van der Waals surface area contributed by atoms with Gasteiger partial charge in [0, 0.05) is 7.05 Å². The van der Waals surface area contributed by atoms with Crippen LogP contribution in [0.15, 0.2) is 0 Å². The summed E-state index contributed by atoms with van der Waals surface area (Å²) in [6.07, 6.45) is 4.90. The molecule has 8 unspecified atom stereocenters. The van der Waals surface area contributed by atoms with Crippen molar-refractivity contribution in [3.8, 4) is 0 Å². The van der Waals surface area contributed by atoms with Crippen LogP contribution < -0.4 is 0 Å². The lowest BCUT2D eigenvalue weighted by atomic mass is 9.59. The van der Waals surface area contributed by atoms with E-state index in [2.05, 4.69) is 13.8 Å². The number of carbonyl (C=O) groups is 2. The molecule has 3 aliphatic carbocycles. The third-order valence-corrected chi connectivity index (χ3v) is 6.89. The molecule has 4 aliphatic rings. The third kappa shape index (κ3) is 1.47. The molecule has 0 bridgehead atoms. The molecular formula is C17H25NO2. The maximum Gasteiger partial charge on any atom is 0.233 e. The van der Waals surface area contributed by atoms with Crippen molar-refractivity contribution in [3.05, 3.63) is 0 Å². The molecular weight excluding hydrogens is 250 g/mol. The minimum Gasteiger partial charge on any atom is -0.285 e. The first-order valence-electron chi connectivity index (χ1n) is 8.30. The number of hydrogen-bond donors (Lipinski definition) is 0. The summed E-state index contributed by atoms with van der Waals surface area (Å²) < 4.78 is 0. The van der Waals surface area contributed by atoms with Crippen molar-refractivity contribution < 1.29 is 9.59 Å². The minimum atomic E-state index is 0.0222. The average molecular weight is 275 g/mol. The second kappa shape index (κ2) is 4.08. The Morgan fingerprint density at radius 2 is 1.10 bits per heavy atom.